The monoisotopic (exact) mass is 347 g/mol. The number of pyridine rings is 2. The number of hydrogen-bond donors (Lipinski definition) is 1. The van der Waals surface area contributed by atoms with E-state index in [0.717, 1.165) is 36.6 Å². The lowest BCUT2D eigenvalue weighted by atomic mass is 10.1. The maximum Gasteiger partial charge on any atom is 0.265 e. The summed E-state index contributed by atoms with van der Waals surface area (Å²) in [6.45, 7) is 0.387. The predicted molar refractivity (Wildman–Crippen MR) is 101 cm³/mol. The van der Waals surface area contributed by atoms with Crippen molar-refractivity contribution < 1.29 is 4.79 Å². The van der Waals surface area contributed by atoms with Crippen LogP contribution in [0.25, 0.3) is 11.0 Å². The van der Waals surface area contributed by atoms with E-state index >= 15 is 0 Å². The van der Waals surface area contributed by atoms with Gasteiger partial charge in [0.1, 0.15) is 11.2 Å². The van der Waals surface area contributed by atoms with Crippen molar-refractivity contribution in [2.24, 2.45) is 0 Å². The van der Waals surface area contributed by atoms with Gasteiger partial charge in [0.05, 0.1) is 6.54 Å². The highest BCUT2D eigenvalue weighted by Gasteiger charge is 2.21. The second-order valence-electron chi connectivity index (χ2n) is 6.81. The second-order valence-corrected chi connectivity index (χ2v) is 6.81. The number of carbonyl (C=O) groups excluding carboxylic acids is 1. The van der Waals surface area contributed by atoms with Crippen molar-refractivity contribution in [1.29, 1.82) is 0 Å². The van der Waals surface area contributed by atoms with Gasteiger partial charge < -0.3 is 5.32 Å². The van der Waals surface area contributed by atoms with Gasteiger partial charge in [0.25, 0.3) is 11.5 Å². The molecule has 26 heavy (non-hydrogen) atoms. The van der Waals surface area contributed by atoms with Crippen molar-refractivity contribution in [1.82, 2.24) is 14.9 Å². The highest BCUT2D eigenvalue weighted by molar-refractivity contribution is 5.97. The fraction of sp³-hybridized carbons (Fsp3) is 0.286. The minimum absolute atomic E-state index is 0.175. The lowest BCUT2D eigenvalue weighted by Crippen LogP contribution is -2.38. The van der Waals surface area contributed by atoms with Crippen LogP contribution in [0.2, 0.25) is 0 Å². The summed E-state index contributed by atoms with van der Waals surface area (Å²) in [5.74, 6) is -0.283. The zero-order chi connectivity index (χ0) is 17.9. The van der Waals surface area contributed by atoms with Crippen LogP contribution in [0.1, 0.15) is 41.6 Å². The number of rotatable bonds is 4. The van der Waals surface area contributed by atoms with Crippen molar-refractivity contribution in [3.63, 3.8) is 0 Å². The smallest absolute Gasteiger partial charge is 0.265 e. The quantitative estimate of drug-likeness (QED) is 0.789. The molecule has 0 atom stereocenters. The van der Waals surface area contributed by atoms with E-state index in [1.165, 1.54) is 0 Å². The van der Waals surface area contributed by atoms with Gasteiger partial charge in [-0.15, -0.1) is 0 Å². The maximum absolute atomic E-state index is 13.1. The third-order valence-corrected chi connectivity index (χ3v) is 4.97. The first kappa shape index (κ1) is 16.5. The Balaban J connectivity index is 1.77. The molecular formula is C21H21N3O2. The number of aromatic nitrogens is 2. The van der Waals surface area contributed by atoms with Crippen molar-refractivity contribution >= 4 is 16.9 Å². The molecule has 0 spiro atoms. The van der Waals surface area contributed by atoms with E-state index in [2.05, 4.69) is 10.3 Å². The van der Waals surface area contributed by atoms with Gasteiger partial charge in [0.15, 0.2) is 0 Å². The highest BCUT2D eigenvalue weighted by atomic mass is 16.2. The van der Waals surface area contributed by atoms with E-state index in [9.17, 15) is 9.59 Å². The molecule has 4 rings (SSSR count). The number of amides is 1. The fourth-order valence-corrected chi connectivity index (χ4v) is 3.62. The zero-order valence-corrected chi connectivity index (χ0v) is 14.5. The Labute approximate surface area is 151 Å². The van der Waals surface area contributed by atoms with Crippen molar-refractivity contribution in [3.8, 4) is 0 Å². The number of nitrogens with zero attached hydrogens (tertiary/aromatic N) is 2. The van der Waals surface area contributed by atoms with Gasteiger partial charge in [-0.05, 0) is 36.6 Å². The molecule has 5 heteroatoms. The third-order valence-electron chi connectivity index (χ3n) is 4.97. The number of hydrogen-bond acceptors (Lipinski definition) is 3. The van der Waals surface area contributed by atoms with E-state index in [1.807, 2.05) is 42.5 Å². The van der Waals surface area contributed by atoms with Gasteiger partial charge in [-0.25, -0.2) is 4.98 Å². The molecule has 3 aromatic rings. The van der Waals surface area contributed by atoms with Crippen molar-refractivity contribution in [3.05, 3.63) is 76.2 Å². The number of nitrogens with one attached hydrogen (secondary N) is 1. The molecule has 1 N–H and O–H groups in total. The van der Waals surface area contributed by atoms with E-state index in [1.54, 1.807) is 16.8 Å². The average molecular weight is 347 g/mol. The van der Waals surface area contributed by atoms with Crippen LogP contribution in [0.5, 0.6) is 0 Å². The molecule has 0 saturated heterocycles. The van der Waals surface area contributed by atoms with Crippen LogP contribution in [0.4, 0.5) is 0 Å². The third kappa shape index (κ3) is 3.25. The van der Waals surface area contributed by atoms with E-state index in [-0.39, 0.29) is 23.1 Å². The maximum atomic E-state index is 13.1. The molecule has 5 nitrogen and oxygen atoms in total. The molecule has 1 aromatic carbocycles. The van der Waals surface area contributed by atoms with Crippen LogP contribution in [0.3, 0.4) is 0 Å². The molecule has 0 unspecified atom stereocenters. The predicted octanol–water partition coefficient (Wildman–Crippen LogP) is 3.12. The van der Waals surface area contributed by atoms with Gasteiger partial charge in [-0.3, -0.25) is 14.2 Å². The number of carbonyl (C=O) groups is 1. The summed E-state index contributed by atoms with van der Waals surface area (Å²) >= 11 is 0. The molecule has 1 aliphatic carbocycles. The summed E-state index contributed by atoms with van der Waals surface area (Å²) < 4.78 is 1.59. The molecule has 132 valence electrons. The SMILES string of the molecule is O=C(NC1CCCC1)c1cc2cccnc2n(Cc2ccccc2)c1=O. The lowest BCUT2D eigenvalue weighted by molar-refractivity contribution is 0.0936. The summed E-state index contributed by atoms with van der Waals surface area (Å²) in [7, 11) is 0. The molecule has 1 fully saturated rings. The van der Waals surface area contributed by atoms with Crippen LogP contribution in [0.15, 0.2) is 59.5 Å². The highest BCUT2D eigenvalue weighted by Crippen LogP contribution is 2.18. The van der Waals surface area contributed by atoms with Gasteiger partial charge in [0, 0.05) is 17.6 Å². The standard InChI is InChI=1S/C21H21N3O2/c25-20(23-17-10-4-5-11-17)18-13-16-9-6-12-22-19(16)24(21(18)26)14-15-7-2-1-3-8-15/h1-3,6-9,12-13,17H,4-5,10-11,14H2,(H,23,25). The second kappa shape index (κ2) is 7.12. The molecule has 1 saturated carbocycles. The molecule has 1 aliphatic rings. The molecule has 1 amide bonds. The van der Waals surface area contributed by atoms with Gasteiger partial charge in [-0.2, -0.15) is 0 Å². The Morgan fingerprint density at radius 1 is 1.12 bits per heavy atom. The lowest BCUT2D eigenvalue weighted by Gasteiger charge is -2.15. The average Bonchev–Trinajstić information content (AvgIpc) is 3.17. The molecule has 0 radical (unpaired) electrons. The van der Waals surface area contributed by atoms with Gasteiger partial charge >= 0.3 is 0 Å². The van der Waals surface area contributed by atoms with Crippen LogP contribution in [0, 0.1) is 0 Å². The summed E-state index contributed by atoms with van der Waals surface area (Å²) in [4.78, 5) is 30.2. The topological polar surface area (TPSA) is 64.0 Å². The first-order chi connectivity index (χ1) is 12.7. The molecule has 2 aromatic heterocycles. The summed E-state index contributed by atoms with van der Waals surface area (Å²) in [6, 6.07) is 15.3. The minimum atomic E-state index is -0.296. The first-order valence-electron chi connectivity index (χ1n) is 9.06. The molecule has 0 bridgehead atoms. The van der Waals surface area contributed by atoms with E-state index < -0.39 is 0 Å². The molecule has 0 aliphatic heterocycles. The first-order valence-corrected chi connectivity index (χ1v) is 9.06. The fourth-order valence-electron chi connectivity index (χ4n) is 3.62. The molecule has 2 heterocycles. The Morgan fingerprint density at radius 2 is 1.88 bits per heavy atom. The largest absolute Gasteiger partial charge is 0.349 e. The van der Waals surface area contributed by atoms with Crippen molar-refractivity contribution in [2.45, 2.75) is 38.3 Å². The Bertz CT molecular complexity index is 989. The minimum Gasteiger partial charge on any atom is -0.349 e. The Morgan fingerprint density at radius 3 is 2.65 bits per heavy atom. The number of benzene rings is 1. The molecular weight excluding hydrogens is 326 g/mol. The number of fused-ring (bicyclic) bond motifs is 1. The normalized spacial score (nSPS) is 14.6. The van der Waals surface area contributed by atoms with Crippen LogP contribution >= 0.6 is 0 Å². The van der Waals surface area contributed by atoms with E-state index in [4.69, 9.17) is 0 Å². The van der Waals surface area contributed by atoms with Gasteiger partial charge in [0.2, 0.25) is 0 Å². The Kier molecular flexibility index (Phi) is 4.52. The van der Waals surface area contributed by atoms with Gasteiger partial charge in [-0.1, -0.05) is 43.2 Å². The van der Waals surface area contributed by atoms with E-state index in [0.29, 0.717) is 12.2 Å². The van der Waals surface area contributed by atoms with Crippen LogP contribution < -0.4 is 10.9 Å². The summed E-state index contributed by atoms with van der Waals surface area (Å²) in [6.07, 6.45) is 5.90. The Hall–Kier alpha value is -2.95. The zero-order valence-electron chi connectivity index (χ0n) is 14.5. The summed E-state index contributed by atoms with van der Waals surface area (Å²) in [5.41, 5.74) is 1.48. The van der Waals surface area contributed by atoms with Crippen molar-refractivity contribution in [2.75, 3.05) is 0 Å². The summed E-state index contributed by atoms with van der Waals surface area (Å²) in [5, 5.41) is 3.81. The van der Waals surface area contributed by atoms with Crippen LogP contribution in [-0.2, 0) is 6.54 Å². The van der Waals surface area contributed by atoms with Crippen LogP contribution in [-0.4, -0.2) is 21.5 Å².